The second-order valence-electron chi connectivity index (χ2n) is 5.76. The lowest BCUT2D eigenvalue weighted by Gasteiger charge is -2.18. The fourth-order valence-corrected chi connectivity index (χ4v) is 2.69. The van der Waals surface area contributed by atoms with Gasteiger partial charge in [0.15, 0.2) is 5.82 Å². The molecule has 2 heterocycles. The van der Waals surface area contributed by atoms with Crippen LogP contribution in [0.25, 0.3) is 11.4 Å². The smallest absolute Gasteiger partial charge is 0.159 e. The van der Waals surface area contributed by atoms with E-state index in [1.807, 2.05) is 0 Å². The lowest BCUT2D eigenvalue weighted by molar-refractivity contribution is 0.620. The van der Waals surface area contributed by atoms with Crippen molar-refractivity contribution in [1.29, 1.82) is 0 Å². The van der Waals surface area contributed by atoms with Gasteiger partial charge in [0.05, 0.1) is 5.69 Å². The predicted octanol–water partition coefficient (Wildman–Crippen LogP) is 3.22. The molecule has 0 aliphatic carbocycles. The van der Waals surface area contributed by atoms with Crippen LogP contribution in [0.2, 0.25) is 0 Å². The third kappa shape index (κ3) is 2.46. The average Bonchev–Trinajstić information content (AvgIpc) is 2.47. The molecule has 1 aromatic carbocycles. The number of rotatable bonds is 2. The summed E-state index contributed by atoms with van der Waals surface area (Å²) in [4.78, 5) is 9.44. The zero-order valence-electron chi connectivity index (χ0n) is 12.4. The van der Waals surface area contributed by atoms with Gasteiger partial charge in [-0.25, -0.2) is 9.97 Å². The van der Waals surface area contributed by atoms with E-state index in [-0.39, 0.29) is 0 Å². The lowest BCUT2D eigenvalue weighted by atomic mass is 10.0. The minimum atomic E-state index is 0.555. The van der Waals surface area contributed by atoms with Crippen molar-refractivity contribution in [3.05, 3.63) is 46.8 Å². The second kappa shape index (κ2) is 5.33. The van der Waals surface area contributed by atoms with Crippen LogP contribution in [0.4, 0.5) is 0 Å². The molecule has 1 aliphatic rings. The Morgan fingerprint density at radius 3 is 2.55 bits per heavy atom. The maximum atomic E-state index is 4.75. The molecule has 20 heavy (non-hydrogen) atoms. The van der Waals surface area contributed by atoms with Gasteiger partial charge in [0.2, 0.25) is 0 Å². The maximum absolute atomic E-state index is 4.75. The number of fused-ring (bicyclic) bond motifs is 1. The Bertz CT molecular complexity index is 615. The molecule has 3 rings (SSSR count). The Morgan fingerprint density at radius 2 is 1.85 bits per heavy atom. The Morgan fingerprint density at radius 1 is 1.10 bits per heavy atom. The van der Waals surface area contributed by atoms with Crippen molar-refractivity contribution in [1.82, 2.24) is 15.3 Å². The van der Waals surface area contributed by atoms with Gasteiger partial charge >= 0.3 is 0 Å². The van der Waals surface area contributed by atoms with Crippen LogP contribution in [-0.2, 0) is 13.0 Å². The zero-order chi connectivity index (χ0) is 14.1. The Hall–Kier alpha value is -1.74. The molecule has 1 aromatic heterocycles. The van der Waals surface area contributed by atoms with Crippen molar-refractivity contribution in [2.75, 3.05) is 6.54 Å². The van der Waals surface area contributed by atoms with E-state index in [2.05, 4.69) is 50.4 Å². The van der Waals surface area contributed by atoms with Gasteiger partial charge in [0.1, 0.15) is 0 Å². The normalized spacial score (nSPS) is 14.4. The Labute approximate surface area is 120 Å². The predicted molar refractivity (Wildman–Crippen MR) is 81.7 cm³/mol. The first-order valence-electron chi connectivity index (χ1n) is 7.32. The molecule has 1 N–H and O–H groups in total. The van der Waals surface area contributed by atoms with Crippen molar-refractivity contribution in [2.24, 2.45) is 0 Å². The molecule has 0 spiro atoms. The standard InChI is InChI=1S/C17H21N3/c1-11(2)13-4-6-14(7-5-13)17-19-12(3)15-8-9-18-10-16(15)20-17/h4-7,11,18H,8-10H2,1-3H3. The van der Waals surface area contributed by atoms with E-state index in [1.54, 1.807) is 0 Å². The highest BCUT2D eigenvalue weighted by molar-refractivity contribution is 5.56. The monoisotopic (exact) mass is 267 g/mol. The SMILES string of the molecule is Cc1nc(-c2ccc(C(C)C)cc2)nc2c1CCNC2. The molecule has 0 fully saturated rings. The number of nitrogens with one attached hydrogen (secondary N) is 1. The van der Waals surface area contributed by atoms with E-state index in [1.165, 1.54) is 11.1 Å². The van der Waals surface area contributed by atoms with E-state index in [0.29, 0.717) is 5.92 Å². The zero-order valence-corrected chi connectivity index (χ0v) is 12.4. The van der Waals surface area contributed by atoms with Crippen molar-refractivity contribution in [3.63, 3.8) is 0 Å². The van der Waals surface area contributed by atoms with Gasteiger partial charge in [-0.2, -0.15) is 0 Å². The topological polar surface area (TPSA) is 37.8 Å². The summed E-state index contributed by atoms with van der Waals surface area (Å²) in [5.41, 5.74) is 6.06. The van der Waals surface area contributed by atoms with Crippen LogP contribution in [0.1, 0.15) is 42.3 Å². The van der Waals surface area contributed by atoms with Gasteiger partial charge in [0, 0.05) is 17.8 Å². The molecule has 0 radical (unpaired) electrons. The summed E-state index contributed by atoms with van der Waals surface area (Å²) in [7, 11) is 0. The highest BCUT2D eigenvalue weighted by atomic mass is 15.0. The van der Waals surface area contributed by atoms with Crippen molar-refractivity contribution in [3.8, 4) is 11.4 Å². The van der Waals surface area contributed by atoms with Crippen LogP contribution >= 0.6 is 0 Å². The van der Waals surface area contributed by atoms with Gasteiger partial charge in [-0.1, -0.05) is 38.1 Å². The van der Waals surface area contributed by atoms with E-state index in [4.69, 9.17) is 9.97 Å². The largest absolute Gasteiger partial charge is 0.311 e. The van der Waals surface area contributed by atoms with Crippen LogP contribution in [0.3, 0.4) is 0 Å². The average molecular weight is 267 g/mol. The molecule has 3 nitrogen and oxygen atoms in total. The molecule has 3 heteroatoms. The van der Waals surface area contributed by atoms with Crippen LogP contribution in [0, 0.1) is 6.92 Å². The summed E-state index contributed by atoms with van der Waals surface area (Å²) in [6, 6.07) is 8.62. The summed E-state index contributed by atoms with van der Waals surface area (Å²) in [5, 5.41) is 3.38. The third-order valence-corrected chi connectivity index (χ3v) is 3.98. The summed E-state index contributed by atoms with van der Waals surface area (Å²) in [6.07, 6.45) is 1.04. The number of aromatic nitrogens is 2. The summed E-state index contributed by atoms with van der Waals surface area (Å²) >= 11 is 0. The van der Waals surface area contributed by atoms with Crippen molar-refractivity contribution < 1.29 is 0 Å². The first kappa shape index (κ1) is 13.3. The molecule has 0 saturated heterocycles. The molecule has 0 amide bonds. The molecule has 0 bridgehead atoms. The summed E-state index contributed by atoms with van der Waals surface area (Å²) in [5.74, 6) is 1.40. The van der Waals surface area contributed by atoms with E-state index in [0.717, 1.165) is 42.3 Å². The van der Waals surface area contributed by atoms with E-state index >= 15 is 0 Å². The molecule has 2 aromatic rings. The molecule has 0 atom stereocenters. The van der Waals surface area contributed by atoms with Crippen LogP contribution < -0.4 is 5.32 Å². The minimum Gasteiger partial charge on any atom is -0.311 e. The van der Waals surface area contributed by atoms with Crippen molar-refractivity contribution in [2.45, 2.75) is 39.7 Å². The molecule has 0 saturated carbocycles. The number of aryl methyl sites for hydroxylation is 1. The quantitative estimate of drug-likeness (QED) is 0.908. The van der Waals surface area contributed by atoms with Gasteiger partial charge in [-0.05, 0) is 36.9 Å². The molecular weight excluding hydrogens is 246 g/mol. The van der Waals surface area contributed by atoms with Gasteiger partial charge in [-0.15, -0.1) is 0 Å². The van der Waals surface area contributed by atoms with Crippen LogP contribution in [0.5, 0.6) is 0 Å². The number of hydrogen-bond acceptors (Lipinski definition) is 3. The van der Waals surface area contributed by atoms with Gasteiger partial charge in [0.25, 0.3) is 0 Å². The first-order chi connectivity index (χ1) is 9.65. The van der Waals surface area contributed by atoms with Gasteiger partial charge in [-0.3, -0.25) is 0 Å². The fraction of sp³-hybridized carbons (Fsp3) is 0.412. The van der Waals surface area contributed by atoms with E-state index < -0.39 is 0 Å². The van der Waals surface area contributed by atoms with E-state index in [9.17, 15) is 0 Å². The lowest BCUT2D eigenvalue weighted by Crippen LogP contribution is -2.26. The number of hydrogen-bond donors (Lipinski definition) is 1. The molecule has 1 aliphatic heterocycles. The third-order valence-electron chi connectivity index (χ3n) is 3.98. The highest BCUT2D eigenvalue weighted by Gasteiger charge is 2.15. The molecular formula is C17H21N3. The molecule has 0 unspecified atom stereocenters. The Balaban J connectivity index is 1.99. The maximum Gasteiger partial charge on any atom is 0.159 e. The molecule has 104 valence electrons. The number of nitrogens with zero attached hydrogens (tertiary/aromatic N) is 2. The summed E-state index contributed by atoms with van der Waals surface area (Å²) in [6.45, 7) is 8.40. The van der Waals surface area contributed by atoms with Crippen LogP contribution in [-0.4, -0.2) is 16.5 Å². The summed E-state index contributed by atoms with van der Waals surface area (Å²) < 4.78 is 0. The highest BCUT2D eigenvalue weighted by Crippen LogP contribution is 2.23. The van der Waals surface area contributed by atoms with Crippen molar-refractivity contribution >= 4 is 0 Å². The first-order valence-corrected chi connectivity index (χ1v) is 7.32. The van der Waals surface area contributed by atoms with Gasteiger partial charge < -0.3 is 5.32 Å². The number of benzene rings is 1. The minimum absolute atomic E-state index is 0.555. The Kier molecular flexibility index (Phi) is 3.53. The van der Waals surface area contributed by atoms with Crippen LogP contribution in [0.15, 0.2) is 24.3 Å². The fourth-order valence-electron chi connectivity index (χ4n) is 2.69. The second-order valence-corrected chi connectivity index (χ2v) is 5.76.